The second kappa shape index (κ2) is 7.17. The minimum atomic E-state index is 0.759. The molecule has 2 nitrogen and oxygen atoms in total. The third-order valence-corrected chi connectivity index (χ3v) is 2.29. The van der Waals surface area contributed by atoms with E-state index in [0.717, 1.165) is 29.2 Å². The van der Waals surface area contributed by atoms with Gasteiger partial charge in [0.25, 0.3) is 0 Å². The quantitative estimate of drug-likeness (QED) is 0.687. The predicted octanol–water partition coefficient (Wildman–Crippen LogP) is 4.39. The van der Waals surface area contributed by atoms with Gasteiger partial charge in [0.15, 0.2) is 0 Å². The third-order valence-electron chi connectivity index (χ3n) is 2.29. The number of rotatable bonds is 6. The van der Waals surface area contributed by atoms with Gasteiger partial charge in [0.1, 0.15) is 0 Å². The highest BCUT2D eigenvalue weighted by atomic mass is 14.8. The van der Waals surface area contributed by atoms with E-state index < -0.39 is 0 Å². The Labute approximate surface area is 109 Å². The van der Waals surface area contributed by atoms with Crippen molar-refractivity contribution in [3.05, 3.63) is 60.7 Å². The molecule has 1 heterocycles. The summed E-state index contributed by atoms with van der Waals surface area (Å²) >= 11 is 0. The van der Waals surface area contributed by atoms with Crippen LogP contribution in [-0.4, -0.2) is 9.97 Å². The standard InChI is InChI=1S/C16H18N2/c1-5-9-11-15-13(7-3)18-16(12-10-6-2)14(8-4)17-15/h5,7-12H,1,3-4,6H2,2H3/b11-9-,12-10-. The van der Waals surface area contributed by atoms with Crippen LogP contribution in [0.1, 0.15) is 36.1 Å². The van der Waals surface area contributed by atoms with E-state index in [-0.39, 0.29) is 0 Å². The van der Waals surface area contributed by atoms with Crippen molar-refractivity contribution in [1.82, 2.24) is 9.97 Å². The molecule has 0 fully saturated rings. The Morgan fingerprint density at radius 1 is 0.889 bits per heavy atom. The minimum absolute atomic E-state index is 0.759. The highest BCUT2D eigenvalue weighted by Crippen LogP contribution is 2.15. The first kappa shape index (κ1) is 13.8. The summed E-state index contributed by atoms with van der Waals surface area (Å²) < 4.78 is 0. The van der Waals surface area contributed by atoms with Crippen molar-refractivity contribution >= 4 is 24.3 Å². The number of nitrogens with zero attached hydrogens (tertiary/aromatic N) is 2. The fourth-order valence-corrected chi connectivity index (χ4v) is 1.42. The molecule has 1 aromatic rings. The van der Waals surface area contributed by atoms with Gasteiger partial charge in [-0.1, -0.05) is 44.9 Å². The summed E-state index contributed by atoms with van der Waals surface area (Å²) in [5.41, 5.74) is 3.12. The molecule has 0 amide bonds. The van der Waals surface area contributed by atoms with Crippen LogP contribution in [0.25, 0.3) is 24.3 Å². The van der Waals surface area contributed by atoms with E-state index in [2.05, 4.69) is 36.6 Å². The largest absolute Gasteiger partial charge is 0.245 e. The zero-order valence-corrected chi connectivity index (χ0v) is 10.8. The SMILES string of the molecule is C=C/C=C\c1nc(C=C)c(/C=C\CC)nc1C=C. The van der Waals surface area contributed by atoms with Crippen LogP contribution in [0.5, 0.6) is 0 Å². The zero-order chi connectivity index (χ0) is 13.4. The summed E-state index contributed by atoms with van der Waals surface area (Å²) in [6.07, 6.45) is 13.8. The molecule has 1 aromatic heterocycles. The molecule has 0 aliphatic rings. The Morgan fingerprint density at radius 3 is 1.89 bits per heavy atom. The minimum Gasteiger partial charge on any atom is -0.245 e. The molecule has 0 aliphatic carbocycles. The average molecular weight is 238 g/mol. The maximum atomic E-state index is 4.53. The van der Waals surface area contributed by atoms with Gasteiger partial charge in [-0.2, -0.15) is 0 Å². The van der Waals surface area contributed by atoms with Crippen molar-refractivity contribution in [3.8, 4) is 0 Å². The summed E-state index contributed by atoms with van der Waals surface area (Å²) in [4.78, 5) is 9.04. The fourth-order valence-electron chi connectivity index (χ4n) is 1.42. The van der Waals surface area contributed by atoms with E-state index >= 15 is 0 Å². The van der Waals surface area contributed by atoms with Crippen molar-refractivity contribution in [2.75, 3.05) is 0 Å². The van der Waals surface area contributed by atoms with Crippen molar-refractivity contribution in [2.45, 2.75) is 13.3 Å². The molecule has 0 bridgehead atoms. The summed E-state index contributed by atoms with van der Waals surface area (Å²) in [6.45, 7) is 13.3. The van der Waals surface area contributed by atoms with Crippen LogP contribution in [0, 0.1) is 0 Å². The molecule has 0 radical (unpaired) electrons. The van der Waals surface area contributed by atoms with E-state index in [9.17, 15) is 0 Å². The Kier molecular flexibility index (Phi) is 5.52. The molecule has 0 saturated carbocycles. The maximum Gasteiger partial charge on any atom is 0.0894 e. The van der Waals surface area contributed by atoms with Crippen LogP contribution >= 0.6 is 0 Å². The van der Waals surface area contributed by atoms with Crippen molar-refractivity contribution in [1.29, 1.82) is 0 Å². The summed E-state index contributed by atoms with van der Waals surface area (Å²) in [6, 6.07) is 0. The highest BCUT2D eigenvalue weighted by Gasteiger charge is 2.05. The Morgan fingerprint density at radius 2 is 1.44 bits per heavy atom. The third kappa shape index (κ3) is 3.39. The average Bonchev–Trinajstić information content (AvgIpc) is 2.42. The molecule has 1 rings (SSSR count). The van der Waals surface area contributed by atoms with Crippen LogP contribution in [0.3, 0.4) is 0 Å². The Balaban J connectivity index is 3.35. The van der Waals surface area contributed by atoms with E-state index in [4.69, 9.17) is 0 Å². The first-order valence-electron chi connectivity index (χ1n) is 5.89. The second-order valence-electron chi connectivity index (χ2n) is 3.58. The summed E-state index contributed by atoms with van der Waals surface area (Å²) in [5, 5.41) is 0. The lowest BCUT2D eigenvalue weighted by Crippen LogP contribution is -1.99. The van der Waals surface area contributed by atoms with Crippen molar-refractivity contribution in [3.63, 3.8) is 0 Å². The van der Waals surface area contributed by atoms with Gasteiger partial charge in [-0.05, 0) is 30.7 Å². The lowest BCUT2D eigenvalue weighted by molar-refractivity contribution is 1.12. The summed E-state index contributed by atoms with van der Waals surface area (Å²) in [5.74, 6) is 0. The van der Waals surface area contributed by atoms with Crippen LogP contribution < -0.4 is 0 Å². The number of aromatic nitrogens is 2. The van der Waals surface area contributed by atoms with Crippen LogP contribution in [0.15, 0.2) is 38.0 Å². The van der Waals surface area contributed by atoms with Crippen LogP contribution in [-0.2, 0) is 0 Å². The first-order chi connectivity index (χ1) is 8.76. The Hall–Kier alpha value is -2.22. The van der Waals surface area contributed by atoms with Gasteiger partial charge in [0.05, 0.1) is 22.8 Å². The van der Waals surface area contributed by atoms with Gasteiger partial charge < -0.3 is 0 Å². The van der Waals surface area contributed by atoms with Gasteiger partial charge in [0, 0.05) is 0 Å². The lowest BCUT2D eigenvalue weighted by Gasteiger charge is -2.05. The van der Waals surface area contributed by atoms with E-state index in [1.165, 1.54) is 0 Å². The van der Waals surface area contributed by atoms with E-state index in [0.29, 0.717) is 0 Å². The van der Waals surface area contributed by atoms with Gasteiger partial charge >= 0.3 is 0 Å². The number of allylic oxidation sites excluding steroid dienone is 3. The molecule has 0 spiro atoms. The molecule has 0 aliphatic heterocycles. The molecule has 0 saturated heterocycles. The van der Waals surface area contributed by atoms with Gasteiger partial charge in [0.2, 0.25) is 0 Å². The molecule has 2 heteroatoms. The molecule has 92 valence electrons. The molecular weight excluding hydrogens is 220 g/mol. The molecular formula is C16H18N2. The van der Waals surface area contributed by atoms with Gasteiger partial charge in [-0.3, -0.25) is 0 Å². The van der Waals surface area contributed by atoms with E-state index in [1.807, 2.05) is 24.3 Å². The van der Waals surface area contributed by atoms with Crippen molar-refractivity contribution < 1.29 is 0 Å². The lowest BCUT2D eigenvalue weighted by atomic mass is 10.2. The first-order valence-corrected chi connectivity index (χ1v) is 5.89. The topological polar surface area (TPSA) is 25.8 Å². The molecule has 18 heavy (non-hydrogen) atoms. The monoisotopic (exact) mass is 238 g/mol. The molecule has 0 aromatic carbocycles. The highest BCUT2D eigenvalue weighted by molar-refractivity contribution is 5.65. The van der Waals surface area contributed by atoms with Gasteiger partial charge in [-0.15, -0.1) is 0 Å². The number of hydrogen-bond donors (Lipinski definition) is 0. The van der Waals surface area contributed by atoms with Gasteiger partial charge in [-0.25, -0.2) is 9.97 Å². The normalized spacial score (nSPS) is 10.9. The zero-order valence-electron chi connectivity index (χ0n) is 10.8. The Bertz CT molecular complexity index is 508. The van der Waals surface area contributed by atoms with Crippen LogP contribution in [0.2, 0.25) is 0 Å². The number of hydrogen-bond acceptors (Lipinski definition) is 2. The molecule has 0 N–H and O–H groups in total. The maximum absolute atomic E-state index is 4.53. The van der Waals surface area contributed by atoms with Crippen molar-refractivity contribution in [2.24, 2.45) is 0 Å². The van der Waals surface area contributed by atoms with Crippen LogP contribution in [0.4, 0.5) is 0 Å². The fraction of sp³-hybridized carbons (Fsp3) is 0.125. The second-order valence-corrected chi connectivity index (χ2v) is 3.58. The van der Waals surface area contributed by atoms with E-state index in [1.54, 1.807) is 18.2 Å². The smallest absolute Gasteiger partial charge is 0.0894 e. The predicted molar refractivity (Wildman–Crippen MR) is 80.8 cm³/mol. The summed E-state index contributed by atoms with van der Waals surface area (Å²) in [7, 11) is 0. The molecule has 0 unspecified atom stereocenters. The molecule has 0 atom stereocenters.